The molecule has 1 aromatic carbocycles. The molecule has 6 nitrogen and oxygen atoms in total. The molecular weight excluding hydrogens is 347 g/mol. The van der Waals surface area contributed by atoms with Gasteiger partial charge in [-0.3, -0.25) is 14.6 Å². The molecule has 1 fully saturated rings. The third-order valence-corrected chi connectivity index (χ3v) is 4.77. The first-order valence-corrected chi connectivity index (χ1v) is 9.07. The summed E-state index contributed by atoms with van der Waals surface area (Å²) in [4.78, 5) is 30.2. The zero-order valence-corrected chi connectivity index (χ0v) is 15.0. The number of piperidine rings is 1. The third-order valence-electron chi connectivity index (χ3n) is 4.77. The zero-order valence-electron chi connectivity index (χ0n) is 15.0. The third kappa shape index (κ3) is 5.51. The molecule has 2 heterocycles. The first kappa shape index (κ1) is 18.8. The van der Waals surface area contributed by atoms with Crippen molar-refractivity contribution in [1.82, 2.24) is 15.6 Å². The molecule has 2 amide bonds. The predicted molar refractivity (Wildman–Crippen MR) is 100 cm³/mol. The number of nitrogens with zero attached hydrogens (tertiary/aromatic N) is 2. The summed E-state index contributed by atoms with van der Waals surface area (Å²) in [5.74, 6) is -1.28. The molecule has 2 N–H and O–H groups in total. The van der Waals surface area contributed by atoms with Crippen LogP contribution in [0.3, 0.4) is 0 Å². The fourth-order valence-corrected chi connectivity index (χ4v) is 3.13. The van der Waals surface area contributed by atoms with E-state index >= 15 is 0 Å². The Hall–Kier alpha value is -2.96. The molecule has 0 bridgehead atoms. The fraction of sp³-hybridized carbons (Fsp3) is 0.350. The van der Waals surface area contributed by atoms with Gasteiger partial charge in [0.2, 0.25) is 0 Å². The van der Waals surface area contributed by atoms with Crippen LogP contribution in [0.4, 0.5) is 10.1 Å². The van der Waals surface area contributed by atoms with E-state index in [0.29, 0.717) is 12.5 Å². The minimum atomic E-state index is -0.673. The maximum Gasteiger partial charge on any atom is 0.309 e. The van der Waals surface area contributed by atoms with Crippen LogP contribution in [0.1, 0.15) is 18.4 Å². The Morgan fingerprint density at radius 1 is 1.00 bits per heavy atom. The van der Waals surface area contributed by atoms with Crippen molar-refractivity contribution in [2.24, 2.45) is 5.92 Å². The Balaban J connectivity index is 1.36. The number of aromatic nitrogens is 1. The molecule has 0 spiro atoms. The number of pyridine rings is 1. The van der Waals surface area contributed by atoms with Gasteiger partial charge in [-0.2, -0.15) is 0 Å². The Morgan fingerprint density at radius 3 is 2.30 bits per heavy atom. The van der Waals surface area contributed by atoms with E-state index in [0.717, 1.165) is 37.2 Å². The van der Waals surface area contributed by atoms with E-state index in [1.165, 1.54) is 12.1 Å². The SMILES string of the molecule is O=C(NCc1ccc(F)cc1)C(=O)NCC1CCN(c2ccncc2)CC1. The standard InChI is InChI=1S/C20H23FN4O2/c21-17-3-1-15(2-4-17)13-23-19(26)20(27)24-14-16-7-11-25(12-8-16)18-5-9-22-10-6-18/h1-6,9-10,16H,7-8,11-14H2,(H,23,26)(H,24,27). The summed E-state index contributed by atoms with van der Waals surface area (Å²) in [7, 11) is 0. The second-order valence-corrected chi connectivity index (χ2v) is 6.66. The highest BCUT2D eigenvalue weighted by Crippen LogP contribution is 2.22. The van der Waals surface area contributed by atoms with Gasteiger partial charge in [-0.15, -0.1) is 0 Å². The molecule has 142 valence electrons. The maximum absolute atomic E-state index is 12.9. The molecule has 7 heteroatoms. The molecular formula is C20H23FN4O2. The number of nitrogens with one attached hydrogen (secondary N) is 2. The molecule has 1 aliphatic rings. The lowest BCUT2D eigenvalue weighted by molar-refractivity contribution is -0.139. The average molecular weight is 370 g/mol. The van der Waals surface area contributed by atoms with Crippen molar-refractivity contribution in [3.05, 3.63) is 60.2 Å². The van der Waals surface area contributed by atoms with Crippen molar-refractivity contribution < 1.29 is 14.0 Å². The van der Waals surface area contributed by atoms with Crippen molar-refractivity contribution in [2.45, 2.75) is 19.4 Å². The quantitative estimate of drug-likeness (QED) is 0.788. The summed E-state index contributed by atoms with van der Waals surface area (Å²) in [6.07, 6.45) is 5.48. The van der Waals surface area contributed by atoms with Crippen LogP contribution in [0.25, 0.3) is 0 Å². The van der Waals surface area contributed by atoms with Crippen LogP contribution in [0.15, 0.2) is 48.8 Å². The number of carbonyl (C=O) groups is 2. The van der Waals surface area contributed by atoms with Gasteiger partial charge in [0.15, 0.2) is 0 Å². The van der Waals surface area contributed by atoms with Gasteiger partial charge in [-0.25, -0.2) is 4.39 Å². The molecule has 27 heavy (non-hydrogen) atoms. The molecule has 1 aromatic heterocycles. The predicted octanol–water partition coefficient (Wildman–Crippen LogP) is 1.87. The highest BCUT2D eigenvalue weighted by Gasteiger charge is 2.21. The van der Waals surface area contributed by atoms with E-state index in [9.17, 15) is 14.0 Å². The summed E-state index contributed by atoms with van der Waals surface area (Å²) in [5, 5.41) is 5.26. The van der Waals surface area contributed by atoms with Crippen molar-refractivity contribution in [1.29, 1.82) is 0 Å². The van der Waals surface area contributed by atoms with Gasteiger partial charge in [-0.05, 0) is 48.6 Å². The number of hydrogen-bond acceptors (Lipinski definition) is 4. The Labute approximate surface area is 157 Å². The van der Waals surface area contributed by atoms with Crippen LogP contribution in [-0.4, -0.2) is 36.4 Å². The molecule has 0 radical (unpaired) electrons. The van der Waals surface area contributed by atoms with Gasteiger partial charge in [0.25, 0.3) is 0 Å². The monoisotopic (exact) mass is 370 g/mol. The van der Waals surface area contributed by atoms with Crippen LogP contribution in [0.5, 0.6) is 0 Å². The molecule has 0 unspecified atom stereocenters. The highest BCUT2D eigenvalue weighted by molar-refractivity contribution is 6.35. The first-order chi connectivity index (χ1) is 13.1. The van der Waals surface area contributed by atoms with Crippen LogP contribution in [0, 0.1) is 11.7 Å². The minimum Gasteiger partial charge on any atom is -0.371 e. The lowest BCUT2D eigenvalue weighted by Crippen LogP contribution is -2.43. The van der Waals surface area contributed by atoms with Crippen LogP contribution >= 0.6 is 0 Å². The molecule has 3 rings (SSSR count). The molecule has 0 atom stereocenters. The van der Waals surface area contributed by atoms with Gasteiger partial charge in [0, 0.05) is 44.3 Å². The van der Waals surface area contributed by atoms with Crippen molar-refractivity contribution in [3.63, 3.8) is 0 Å². The number of carbonyl (C=O) groups excluding carboxylic acids is 2. The van der Waals surface area contributed by atoms with E-state index in [4.69, 9.17) is 0 Å². The van der Waals surface area contributed by atoms with Crippen LogP contribution in [-0.2, 0) is 16.1 Å². The van der Waals surface area contributed by atoms with E-state index in [-0.39, 0.29) is 12.4 Å². The number of rotatable bonds is 5. The fourth-order valence-electron chi connectivity index (χ4n) is 3.13. The van der Waals surface area contributed by atoms with Crippen LogP contribution < -0.4 is 15.5 Å². The van der Waals surface area contributed by atoms with Crippen molar-refractivity contribution in [2.75, 3.05) is 24.5 Å². The average Bonchev–Trinajstić information content (AvgIpc) is 2.72. The first-order valence-electron chi connectivity index (χ1n) is 9.07. The molecule has 0 aliphatic carbocycles. The molecule has 2 aromatic rings. The summed E-state index contributed by atoms with van der Waals surface area (Å²) >= 11 is 0. The number of halogens is 1. The van der Waals surface area contributed by atoms with E-state index < -0.39 is 11.8 Å². The topological polar surface area (TPSA) is 74.3 Å². The molecule has 1 saturated heterocycles. The smallest absolute Gasteiger partial charge is 0.309 e. The lowest BCUT2D eigenvalue weighted by atomic mass is 9.96. The molecule has 0 saturated carbocycles. The second-order valence-electron chi connectivity index (χ2n) is 6.66. The maximum atomic E-state index is 12.9. The Bertz CT molecular complexity index is 759. The van der Waals surface area contributed by atoms with E-state index in [1.807, 2.05) is 12.1 Å². The Kier molecular flexibility index (Phi) is 6.35. The number of benzene rings is 1. The number of hydrogen-bond donors (Lipinski definition) is 2. The lowest BCUT2D eigenvalue weighted by Gasteiger charge is -2.33. The van der Waals surface area contributed by atoms with Gasteiger partial charge >= 0.3 is 11.8 Å². The number of amides is 2. The summed E-state index contributed by atoms with van der Waals surface area (Å²) in [6, 6.07) is 9.77. The molecule has 1 aliphatic heterocycles. The summed E-state index contributed by atoms with van der Waals surface area (Å²) < 4.78 is 12.9. The summed E-state index contributed by atoms with van der Waals surface area (Å²) in [5.41, 5.74) is 1.90. The van der Waals surface area contributed by atoms with E-state index in [2.05, 4.69) is 20.5 Å². The van der Waals surface area contributed by atoms with Gasteiger partial charge in [-0.1, -0.05) is 12.1 Å². The number of anilines is 1. The van der Waals surface area contributed by atoms with Crippen molar-refractivity contribution in [3.8, 4) is 0 Å². The van der Waals surface area contributed by atoms with Gasteiger partial charge in [0.1, 0.15) is 5.82 Å². The second kappa shape index (κ2) is 9.12. The normalized spacial score (nSPS) is 14.6. The largest absolute Gasteiger partial charge is 0.371 e. The minimum absolute atomic E-state index is 0.191. The highest BCUT2D eigenvalue weighted by atomic mass is 19.1. The van der Waals surface area contributed by atoms with E-state index in [1.54, 1.807) is 24.5 Å². The Morgan fingerprint density at radius 2 is 1.63 bits per heavy atom. The van der Waals surface area contributed by atoms with Crippen LogP contribution in [0.2, 0.25) is 0 Å². The van der Waals surface area contributed by atoms with Gasteiger partial charge in [0.05, 0.1) is 0 Å². The van der Waals surface area contributed by atoms with Crippen molar-refractivity contribution >= 4 is 17.5 Å². The zero-order chi connectivity index (χ0) is 19.1. The van der Waals surface area contributed by atoms with Gasteiger partial charge < -0.3 is 15.5 Å². The summed E-state index contributed by atoms with van der Waals surface area (Å²) in [6.45, 7) is 2.52.